The minimum Gasteiger partial charge on any atom is -0.367 e. The Kier molecular flexibility index (Phi) is 2.96. The zero-order valence-electron chi connectivity index (χ0n) is 7.00. The van der Waals surface area contributed by atoms with Gasteiger partial charge in [0.05, 0.1) is 0 Å². The molecule has 2 atom stereocenters. The van der Waals surface area contributed by atoms with E-state index in [0.717, 1.165) is 18.5 Å². The molecule has 0 bridgehead atoms. The van der Waals surface area contributed by atoms with Crippen molar-refractivity contribution in [2.75, 3.05) is 12.4 Å². The number of thioether (sulfide) groups is 1. The lowest BCUT2D eigenvalue weighted by atomic mass is 9.99. The van der Waals surface area contributed by atoms with Gasteiger partial charge in [-0.2, -0.15) is 11.8 Å². The highest BCUT2D eigenvalue weighted by Crippen LogP contribution is 2.36. The van der Waals surface area contributed by atoms with Crippen molar-refractivity contribution in [3.63, 3.8) is 0 Å². The van der Waals surface area contributed by atoms with Crippen molar-refractivity contribution >= 4 is 18.0 Å². The molecule has 11 heavy (non-hydrogen) atoms. The summed E-state index contributed by atoms with van der Waals surface area (Å²) in [7, 11) is 0. The maximum atomic E-state index is 10.8. The Morgan fingerprint density at radius 2 is 2.55 bits per heavy atom. The van der Waals surface area contributed by atoms with E-state index in [1.807, 2.05) is 18.7 Å². The number of carbonyl (C=O) groups excluding carboxylic acids is 1. The fourth-order valence-corrected chi connectivity index (χ4v) is 2.70. The van der Waals surface area contributed by atoms with E-state index < -0.39 is 5.60 Å². The van der Waals surface area contributed by atoms with Crippen LogP contribution in [0.3, 0.4) is 0 Å². The highest BCUT2D eigenvalue weighted by atomic mass is 32.2. The molecule has 0 spiro atoms. The summed E-state index contributed by atoms with van der Waals surface area (Å²) >= 11 is 1.81. The van der Waals surface area contributed by atoms with Crippen LogP contribution >= 0.6 is 11.8 Å². The van der Waals surface area contributed by atoms with Crippen LogP contribution in [0, 0.1) is 0 Å². The molecule has 0 aromatic rings. The van der Waals surface area contributed by atoms with Gasteiger partial charge in [-0.15, -0.1) is 0 Å². The molecule has 1 rings (SSSR count). The molecular formula is C8H14O2S. The summed E-state index contributed by atoms with van der Waals surface area (Å²) in [4.78, 5) is 10.8. The highest BCUT2D eigenvalue weighted by molar-refractivity contribution is 8.00. The maximum absolute atomic E-state index is 10.8. The van der Waals surface area contributed by atoms with Gasteiger partial charge in [0.2, 0.25) is 0 Å². The van der Waals surface area contributed by atoms with Crippen molar-refractivity contribution in [2.24, 2.45) is 0 Å². The largest absolute Gasteiger partial charge is 0.367 e. The SMILES string of the molecule is CCOC1(C=O)CCSC1C. The molecule has 0 radical (unpaired) electrons. The van der Waals surface area contributed by atoms with E-state index in [1.165, 1.54) is 0 Å². The Bertz CT molecular complexity index is 149. The molecule has 1 aliphatic heterocycles. The van der Waals surface area contributed by atoms with Gasteiger partial charge in [-0.05, 0) is 19.1 Å². The van der Waals surface area contributed by atoms with E-state index in [2.05, 4.69) is 6.92 Å². The smallest absolute Gasteiger partial charge is 0.153 e. The van der Waals surface area contributed by atoms with Gasteiger partial charge in [0.1, 0.15) is 5.60 Å². The van der Waals surface area contributed by atoms with Gasteiger partial charge < -0.3 is 9.53 Å². The molecule has 1 aliphatic rings. The van der Waals surface area contributed by atoms with E-state index in [1.54, 1.807) is 0 Å². The number of ether oxygens (including phenoxy) is 1. The second kappa shape index (κ2) is 3.59. The molecule has 0 saturated carbocycles. The summed E-state index contributed by atoms with van der Waals surface area (Å²) in [6, 6.07) is 0. The molecule has 2 nitrogen and oxygen atoms in total. The molecule has 1 fully saturated rings. The molecule has 64 valence electrons. The molecule has 0 aromatic heterocycles. The standard InChI is InChI=1S/C8H14O2S/c1-3-10-8(6-9)4-5-11-7(8)2/h6-7H,3-5H2,1-2H3. The van der Waals surface area contributed by atoms with Crippen LogP contribution in [0.4, 0.5) is 0 Å². The lowest BCUT2D eigenvalue weighted by Gasteiger charge is -2.25. The quantitative estimate of drug-likeness (QED) is 0.606. The van der Waals surface area contributed by atoms with Crippen molar-refractivity contribution in [3.8, 4) is 0 Å². The zero-order valence-corrected chi connectivity index (χ0v) is 7.82. The Morgan fingerprint density at radius 3 is 2.91 bits per heavy atom. The third-order valence-corrected chi connectivity index (χ3v) is 3.50. The lowest BCUT2D eigenvalue weighted by Crippen LogP contribution is -2.39. The van der Waals surface area contributed by atoms with Crippen molar-refractivity contribution in [1.29, 1.82) is 0 Å². The molecule has 0 aliphatic carbocycles. The van der Waals surface area contributed by atoms with Crippen LogP contribution in [-0.2, 0) is 9.53 Å². The monoisotopic (exact) mass is 174 g/mol. The van der Waals surface area contributed by atoms with Gasteiger partial charge in [0, 0.05) is 11.9 Å². The van der Waals surface area contributed by atoms with Gasteiger partial charge in [-0.1, -0.05) is 6.92 Å². The summed E-state index contributed by atoms with van der Waals surface area (Å²) in [5, 5.41) is 0.319. The van der Waals surface area contributed by atoms with Crippen LogP contribution in [-0.4, -0.2) is 29.5 Å². The first-order valence-electron chi connectivity index (χ1n) is 3.97. The number of aldehydes is 1. The van der Waals surface area contributed by atoms with Gasteiger partial charge in [0.15, 0.2) is 6.29 Å². The molecule has 0 N–H and O–H groups in total. The molecule has 2 unspecified atom stereocenters. The highest BCUT2D eigenvalue weighted by Gasteiger charge is 2.41. The van der Waals surface area contributed by atoms with Gasteiger partial charge in [0.25, 0.3) is 0 Å². The summed E-state index contributed by atoms with van der Waals surface area (Å²) in [5.41, 5.74) is -0.473. The van der Waals surface area contributed by atoms with Crippen molar-refractivity contribution in [2.45, 2.75) is 31.1 Å². The van der Waals surface area contributed by atoms with E-state index in [-0.39, 0.29) is 0 Å². The molecule has 0 aromatic carbocycles. The second-order valence-corrected chi connectivity index (χ2v) is 4.22. The predicted octanol–water partition coefficient (Wildman–Crippen LogP) is 1.49. The Balaban J connectivity index is 2.65. The van der Waals surface area contributed by atoms with E-state index in [4.69, 9.17) is 4.74 Å². The minimum absolute atomic E-state index is 0.319. The first-order chi connectivity index (χ1) is 5.25. The number of hydrogen-bond donors (Lipinski definition) is 0. The maximum Gasteiger partial charge on any atom is 0.153 e. The zero-order chi connectivity index (χ0) is 8.32. The lowest BCUT2D eigenvalue weighted by molar-refractivity contribution is -0.129. The number of rotatable bonds is 3. The van der Waals surface area contributed by atoms with Crippen LogP contribution in [0.5, 0.6) is 0 Å². The molecule has 1 heterocycles. The van der Waals surface area contributed by atoms with Gasteiger partial charge in [-0.3, -0.25) is 0 Å². The van der Waals surface area contributed by atoms with Crippen LogP contribution in [0.1, 0.15) is 20.3 Å². The fraction of sp³-hybridized carbons (Fsp3) is 0.875. The average Bonchev–Trinajstić information content (AvgIpc) is 2.35. The van der Waals surface area contributed by atoms with Gasteiger partial charge >= 0.3 is 0 Å². The van der Waals surface area contributed by atoms with E-state index in [9.17, 15) is 4.79 Å². The molecular weight excluding hydrogens is 160 g/mol. The third-order valence-electron chi connectivity index (χ3n) is 2.16. The normalized spacial score (nSPS) is 37.5. The first kappa shape index (κ1) is 9.07. The summed E-state index contributed by atoms with van der Waals surface area (Å²) in [5.74, 6) is 1.04. The van der Waals surface area contributed by atoms with Crippen LogP contribution in [0.15, 0.2) is 0 Å². The number of hydrogen-bond acceptors (Lipinski definition) is 3. The van der Waals surface area contributed by atoms with Crippen LogP contribution < -0.4 is 0 Å². The summed E-state index contributed by atoms with van der Waals surface area (Å²) < 4.78 is 5.46. The van der Waals surface area contributed by atoms with Crippen molar-refractivity contribution in [1.82, 2.24) is 0 Å². The van der Waals surface area contributed by atoms with E-state index >= 15 is 0 Å². The second-order valence-electron chi connectivity index (χ2n) is 2.77. The first-order valence-corrected chi connectivity index (χ1v) is 5.02. The molecule has 0 amide bonds. The Hall–Kier alpha value is -0.0200. The summed E-state index contributed by atoms with van der Waals surface area (Å²) in [6.07, 6.45) is 1.84. The molecule has 1 saturated heterocycles. The van der Waals surface area contributed by atoms with Gasteiger partial charge in [-0.25, -0.2) is 0 Å². The van der Waals surface area contributed by atoms with Crippen molar-refractivity contribution < 1.29 is 9.53 Å². The average molecular weight is 174 g/mol. The molecule has 3 heteroatoms. The predicted molar refractivity (Wildman–Crippen MR) is 47.0 cm³/mol. The Morgan fingerprint density at radius 1 is 1.82 bits per heavy atom. The minimum atomic E-state index is -0.473. The number of carbonyl (C=O) groups is 1. The summed E-state index contributed by atoms with van der Waals surface area (Å²) in [6.45, 7) is 4.62. The van der Waals surface area contributed by atoms with E-state index in [0.29, 0.717) is 11.9 Å². The van der Waals surface area contributed by atoms with Crippen LogP contribution in [0.2, 0.25) is 0 Å². The van der Waals surface area contributed by atoms with Crippen molar-refractivity contribution in [3.05, 3.63) is 0 Å². The topological polar surface area (TPSA) is 26.3 Å². The third kappa shape index (κ3) is 1.59. The fourth-order valence-electron chi connectivity index (χ4n) is 1.39. The Labute approximate surface area is 71.7 Å². The van der Waals surface area contributed by atoms with Crippen LogP contribution in [0.25, 0.3) is 0 Å².